The van der Waals surface area contributed by atoms with Crippen molar-refractivity contribution in [3.8, 4) is 0 Å². The summed E-state index contributed by atoms with van der Waals surface area (Å²) in [5, 5.41) is 8.37. The molecule has 0 aromatic heterocycles. The quantitative estimate of drug-likeness (QED) is 0.757. The number of likely N-dealkylation sites (N-methyl/N-ethyl adjacent to an activating group) is 1. The maximum absolute atomic E-state index is 12.3. The second kappa shape index (κ2) is 9.16. The fourth-order valence-corrected chi connectivity index (χ4v) is 2.82. The van der Waals surface area contributed by atoms with Gasteiger partial charge in [0.1, 0.15) is 0 Å². The standard InChI is InChI=1S/C20H24N4O3/c1-24-11-12-27-18(14-24)13-21-19(25)15-7-9-17(10-8-15)23-20(26)22-16-5-3-2-4-6-16/h2-10,18H,11-14H2,1H3,(H,21,25)(H2,22,23,26)/t18-/m1/s1. The highest BCUT2D eigenvalue weighted by molar-refractivity contribution is 6.00. The molecule has 0 saturated carbocycles. The normalized spacial score (nSPS) is 17.1. The van der Waals surface area contributed by atoms with Crippen LogP contribution in [0.15, 0.2) is 54.6 Å². The molecule has 0 unspecified atom stereocenters. The number of hydrogen-bond donors (Lipinski definition) is 3. The van der Waals surface area contributed by atoms with E-state index in [0.29, 0.717) is 30.1 Å². The van der Waals surface area contributed by atoms with Crippen LogP contribution in [-0.2, 0) is 4.74 Å². The lowest BCUT2D eigenvalue weighted by molar-refractivity contribution is -0.0175. The molecule has 1 saturated heterocycles. The molecule has 1 aliphatic rings. The lowest BCUT2D eigenvalue weighted by Crippen LogP contribution is -2.45. The SMILES string of the molecule is CN1CCO[C@H](CNC(=O)c2ccc(NC(=O)Nc3ccccc3)cc2)C1. The van der Waals surface area contributed by atoms with Crippen molar-refractivity contribution in [3.63, 3.8) is 0 Å². The Balaban J connectivity index is 1.47. The van der Waals surface area contributed by atoms with Gasteiger partial charge < -0.3 is 25.6 Å². The summed E-state index contributed by atoms with van der Waals surface area (Å²) in [6, 6.07) is 15.6. The molecular formula is C20H24N4O3. The van der Waals surface area contributed by atoms with Gasteiger partial charge in [-0.1, -0.05) is 18.2 Å². The third-order valence-electron chi connectivity index (χ3n) is 4.27. The zero-order valence-electron chi connectivity index (χ0n) is 15.3. The van der Waals surface area contributed by atoms with Crippen molar-refractivity contribution in [3.05, 3.63) is 60.2 Å². The number of para-hydroxylation sites is 1. The molecule has 1 heterocycles. The first-order valence-corrected chi connectivity index (χ1v) is 8.91. The van der Waals surface area contributed by atoms with Crippen molar-refractivity contribution in [2.24, 2.45) is 0 Å². The van der Waals surface area contributed by atoms with Gasteiger partial charge in [-0.25, -0.2) is 4.79 Å². The predicted octanol–water partition coefficient (Wildman–Crippen LogP) is 2.39. The number of amides is 3. The Morgan fingerprint density at radius 1 is 1.04 bits per heavy atom. The number of rotatable bonds is 5. The van der Waals surface area contributed by atoms with E-state index in [4.69, 9.17) is 4.74 Å². The highest BCUT2D eigenvalue weighted by Gasteiger charge is 2.18. The second-order valence-corrected chi connectivity index (χ2v) is 6.49. The van der Waals surface area contributed by atoms with Crippen LogP contribution in [0.1, 0.15) is 10.4 Å². The van der Waals surface area contributed by atoms with Crippen LogP contribution in [-0.4, -0.2) is 56.2 Å². The Kier molecular flexibility index (Phi) is 6.40. The fourth-order valence-electron chi connectivity index (χ4n) is 2.82. The Morgan fingerprint density at radius 3 is 2.37 bits per heavy atom. The number of ether oxygens (including phenoxy) is 1. The Labute approximate surface area is 158 Å². The Morgan fingerprint density at radius 2 is 1.70 bits per heavy atom. The Bertz CT molecular complexity index is 765. The number of carbonyl (C=O) groups is 2. The van der Waals surface area contributed by atoms with Crippen molar-refractivity contribution in [1.29, 1.82) is 0 Å². The number of benzene rings is 2. The van der Waals surface area contributed by atoms with E-state index in [1.165, 1.54) is 0 Å². The van der Waals surface area contributed by atoms with Crippen LogP contribution in [0.3, 0.4) is 0 Å². The van der Waals surface area contributed by atoms with E-state index >= 15 is 0 Å². The summed E-state index contributed by atoms with van der Waals surface area (Å²) in [5.74, 6) is -0.160. The third kappa shape index (κ3) is 5.80. The van der Waals surface area contributed by atoms with E-state index in [1.807, 2.05) is 25.2 Å². The molecule has 1 fully saturated rings. The molecule has 3 rings (SSSR count). The molecule has 7 nitrogen and oxygen atoms in total. The van der Waals surface area contributed by atoms with Gasteiger partial charge >= 0.3 is 6.03 Å². The first-order chi connectivity index (χ1) is 13.1. The summed E-state index contributed by atoms with van der Waals surface area (Å²) in [4.78, 5) is 26.4. The second-order valence-electron chi connectivity index (χ2n) is 6.49. The van der Waals surface area contributed by atoms with E-state index < -0.39 is 0 Å². The van der Waals surface area contributed by atoms with E-state index in [2.05, 4.69) is 20.9 Å². The monoisotopic (exact) mass is 368 g/mol. The van der Waals surface area contributed by atoms with Crippen molar-refractivity contribution in [1.82, 2.24) is 10.2 Å². The molecule has 1 aliphatic heterocycles. The maximum atomic E-state index is 12.3. The van der Waals surface area contributed by atoms with Gasteiger partial charge in [-0.3, -0.25) is 4.79 Å². The zero-order valence-corrected chi connectivity index (χ0v) is 15.3. The summed E-state index contributed by atoms with van der Waals surface area (Å²) in [5.41, 5.74) is 1.85. The van der Waals surface area contributed by atoms with Gasteiger partial charge in [-0.05, 0) is 43.4 Å². The largest absolute Gasteiger partial charge is 0.374 e. The molecule has 3 amide bonds. The van der Waals surface area contributed by atoms with E-state index in [1.54, 1.807) is 36.4 Å². The lowest BCUT2D eigenvalue weighted by atomic mass is 10.2. The summed E-state index contributed by atoms with van der Waals surface area (Å²) >= 11 is 0. The number of carbonyl (C=O) groups excluding carboxylic acids is 2. The molecule has 0 radical (unpaired) electrons. The Hall–Kier alpha value is -2.90. The van der Waals surface area contributed by atoms with E-state index in [9.17, 15) is 9.59 Å². The number of hydrogen-bond acceptors (Lipinski definition) is 4. The number of anilines is 2. The van der Waals surface area contributed by atoms with Crippen LogP contribution in [0, 0.1) is 0 Å². The molecule has 0 bridgehead atoms. The number of urea groups is 1. The lowest BCUT2D eigenvalue weighted by Gasteiger charge is -2.30. The minimum Gasteiger partial charge on any atom is -0.374 e. The average Bonchev–Trinajstić information content (AvgIpc) is 2.67. The van der Waals surface area contributed by atoms with Crippen molar-refractivity contribution in [2.45, 2.75) is 6.10 Å². The highest BCUT2D eigenvalue weighted by Crippen LogP contribution is 2.11. The van der Waals surface area contributed by atoms with Gasteiger partial charge in [-0.15, -0.1) is 0 Å². The van der Waals surface area contributed by atoms with Crippen molar-refractivity contribution < 1.29 is 14.3 Å². The smallest absolute Gasteiger partial charge is 0.323 e. The molecule has 0 aliphatic carbocycles. The molecular weight excluding hydrogens is 344 g/mol. The van der Waals surface area contributed by atoms with Gasteiger partial charge in [0.25, 0.3) is 5.91 Å². The summed E-state index contributed by atoms with van der Waals surface area (Å²) in [6.07, 6.45) is 0.00956. The van der Waals surface area contributed by atoms with Gasteiger partial charge in [0.2, 0.25) is 0 Å². The molecule has 0 spiro atoms. The first kappa shape index (κ1) is 18.9. The zero-order chi connectivity index (χ0) is 19.1. The molecule has 3 N–H and O–H groups in total. The van der Waals surface area contributed by atoms with Crippen LogP contribution < -0.4 is 16.0 Å². The highest BCUT2D eigenvalue weighted by atomic mass is 16.5. The van der Waals surface area contributed by atoms with Crippen molar-refractivity contribution >= 4 is 23.3 Å². The van der Waals surface area contributed by atoms with Crippen LogP contribution in [0.4, 0.5) is 16.2 Å². The summed E-state index contributed by atoms with van der Waals surface area (Å²) < 4.78 is 5.64. The van der Waals surface area contributed by atoms with Gasteiger partial charge in [-0.2, -0.15) is 0 Å². The van der Waals surface area contributed by atoms with E-state index in [-0.39, 0.29) is 18.0 Å². The van der Waals surface area contributed by atoms with E-state index in [0.717, 1.165) is 13.1 Å². The molecule has 2 aromatic rings. The topological polar surface area (TPSA) is 82.7 Å². The van der Waals surface area contributed by atoms with Crippen LogP contribution >= 0.6 is 0 Å². The summed E-state index contributed by atoms with van der Waals surface area (Å²) in [6.45, 7) is 2.88. The van der Waals surface area contributed by atoms with Gasteiger partial charge in [0.15, 0.2) is 0 Å². The van der Waals surface area contributed by atoms with Gasteiger partial charge in [0, 0.05) is 36.6 Å². The van der Waals surface area contributed by atoms with Crippen LogP contribution in [0.25, 0.3) is 0 Å². The number of morpholine rings is 1. The minimum atomic E-state index is -0.336. The third-order valence-corrected chi connectivity index (χ3v) is 4.27. The molecule has 27 heavy (non-hydrogen) atoms. The molecule has 142 valence electrons. The maximum Gasteiger partial charge on any atom is 0.323 e. The molecule has 1 atom stereocenters. The van der Waals surface area contributed by atoms with Gasteiger partial charge in [0.05, 0.1) is 12.7 Å². The first-order valence-electron chi connectivity index (χ1n) is 8.91. The van der Waals surface area contributed by atoms with Crippen LogP contribution in [0.5, 0.6) is 0 Å². The molecule has 2 aromatic carbocycles. The summed E-state index contributed by atoms with van der Waals surface area (Å²) in [7, 11) is 2.04. The average molecular weight is 368 g/mol. The van der Waals surface area contributed by atoms with Crippen LogP contribution in [0.2, 0.25) is 0 Å². The van der Waals surface area contributed by atoms with Crippen molar-refractivity contribution in [2.75, 3.05) is 43.9 Å². The predicted molar refractivity (Wildman–Crippen MR) is 105 cm³/mol. The number of nitrogens with one attached hydrogen (secondary N) is 3. The number of nitrogens with zero attached hydrogens (tertiary/aromatic N) is 1. The fraction of sp³-hybridized carbons (Fsp3) is 0.300. The molecule has 7 heteroatoms. The minimum absolute atomic E-state index is 0.00956.